The Balaban J connectivity index is 2.96. The van der Waals surface area contributed by atoms with Crippen molar-refractivity contribution >= 4 is 17.5 Å². The van der Waals surface area contributed by atoms with Gasteiger partial charge in [-0.1, -0.05) is 0 Å². The Morgan fingerprint density at radius 3 is 2.67 bits per heavy atom. The lowest BCUT2D eigenvalue weighted by Crippen LogP contribution is -2.15. The van der Waals surface area contributed by atoms with E-state index in [2.05, 4.69) is 14.7 Å². The lowest BCUT2D eigenvalue weighted by Gasteiger charge is -2.03. The van der Waals surface area contributed by atoms with Gasteiger partial charge in [-0.25, -0.2) is 9.78 Å². The number of rotatable bonds is 4. The number of esters is 1. The summed E-state index contributed by atoms with van der Waals surface area (Å²) < 4.78 is 4.51. The Morgan fingerprint density at radius 1 is 1.44 bits per heavy atom. The fourth-order valence-electron chi connectivity index (χ4n) is 1.30. The van der Waals surface area contributed by atoms with Crippen molar-refractivity contribution in [3.63, 3.8) is 0 Å². The quantitative estimate of drug-likeness (QED) is 0.373. The molecule has 1 aromatic heterocycles. The highest BCUT2D eigenvalue weighted by molar-refractivity contribution is 6.39. The third-order valence-electron chi connectivity index (χ3n) is 2.05. The van der Waals surface area contributed by atoms with Gasteiger partial charge in [0.15, 0.2) is 0 Å². The minimum absolute atomic E-state index is 0.0997. The van der Waals surface area contributed by atoms with Crippen LogP contribution in [-0.2, 0) is 14.3 Å². The van der Waals surface area contributed by atoms with E-state index in [-0.39, 0.29) is 12.3 Å². The van der Waals surface area contributed by atoms with Crippen LogP contribution < -0.4 is 0 Å². The van der Waals surface area contributed by atoms with Crippen LogP contribution in [0.2, 0.25) is 0 Å². The number of aliphatic hydroxyl groups excluding tert-OH is 1. The van der Waals surface area contributed by atoms with Crippen LogP contribution in [0, 0.1) is 13.8 Å². The first kappa shape index (κ1) is 13.8. The van der Waals surface area contributed by atoms with E-state index in [9.17, 15) is 14.7 Å². The highest BCUT2D eigenvalue weighted by Gasteiger charge is 2.15. The summed E-state index contributed by atoms with van der Waals surface area (Å²) in [7, 11) is 0. The molecule has 6 heteroatoms. The first-order chi connectivity index (χ1) is 8.45. The maximum Gasteiger partial charge on any atom is 0.379 e. The van der Waals surface area contributed by atoms with Gasteiger partial charge >= 0.3 is 5.97 Å². The molecule has 0 amide bonds. The summed E-state index contributed by atoms with van der Waals surface area (Å²) in [5.74, 6) is -2.35. The van der Waals surface area contributed by atoms with E-state index < -0.39 is 17.5 Å². The standard InChI is InChI=1S/C12H14N2O4/c1-4-18-12(17)10(16)5-9(15)11-8(3)14-7(2)6-13-11/h5-6,15H,4H2,1-3H3. The molecule has 96 valence electrons. The summed E-state index contributed by atoms with van der Waals surface area (Å²) in [6, 6.07) is 0. The van der Waals surface area contributed by atoms with Crippen LogP contribution in [0.3, 0.4) is 0 Å². The SMILES string of the molecule is CCOC(=O)C(=O)C=C(O)c1ncc(C)nc1C. The molecule has 0 unspecified atom stereocenters. The van der Waals surface area contributed by atoms with Gasteiger partial charge in [0.1, 0.15) is 11.5 Å². The molecular formula is C12H14N2O4. The van der Waals surface area contributed by atoms with Gasteiger partial charge in [-0.2, -0.15) is 0 Å². The van der Waals surface area contributed by atoms with Crippen molar-refractivity contribution in [2.45, 2.75) is 20.8 Å². The number of nitrogens with zero attached hydrogens (tertiary/aromatic N) is 2. The van der Waals surface area contributed by atoms with E-state index in [1.165, 1.54) is 6.20 Å². The Bertz CT molecular complexity index is 509. The molecule has 0 saturated carbocycles. The number of hydrogen-bond acceptors (Lipinski definition) is 6. The number of hydrogen-bond donors (Lipinski definition) is 1. The summed E-state index contributed by atoms with van der Waals surface area (Å²) in [4.78, 5) is 30.5. The Morgan fingerprint density at radius 2 is 2.11 bits per heavy atom. The van der Waals surface area contributed by atoms with E-state index in [0.717, 1.165) is 6.08 Å². The average molecular weight is 250 g/mol. The van der Waals surface area contributed by atoms with Crippen LogP contribution >= 0.6 is 0 Å². The van der Waals surface area contributed by atoms with Crippen LogP contribution in [0.25, 0.3) is 5.76 Å². The predicted octanol–water partition coefficient (Wildman–Crippen LogP) is 1.12. The third-order valence-corrected chi connectivity index (χ3v) is 2.05. The summed E-state index contributed by atoms with van der Waals surface area (Å²) >= 11 is 0. The molecule has 1 N–H and O–H groups in total. The Hall–Kier alpha value is -2.24. The third kappa shape index (κ3) is 3.38. The zero-order valence-electron chi connectivity index (χ0n) is 10.4. The molecule has 0 fully saturated rings. The second-order valence-electron chi connectivity index (χ2n) is 3.56. The fraction of sp³-hybridized carbons (Fsp3) is 0.333. The van der Waals surface area contributed by atoms with Crippen molar-refractivity contribution in [3.05, 3.63) is 29.4 Å². The molecule has 1 rings (SSSR count). The lowest BCUT2D eigenvalue weighted by molar-refractivity contribution is -0.151. The molecule has 0 spiro atoms. The lowest BCUT2D eigenvalue weighted by atomic mass is 10.2. The van der Waals surface area contributed by atoms with E-state index in [1.54, 1.807) is 20.8 Å². The van der Waals surface area contributed by atoms with Gasteiger partial charge in [0.25, 0.3) is 5.78 Å². The summed E-state index contributed by atoms with van der Waals surface area (Å²) in [6.07, 6.45) is 2.24. The number of aryl methyl sites for hydroxylation is 2. The smallest absolute Gasteiger partial charge is 0.379 e. The molecule has 0 atom stereocenters. The second-order valence-corrected chi connectivity index (χ2v) is 3.56. The molecule has 0 saturated heterocycles. The van der Waals surface area contributed by atoms with E-state index >= 15 is 0 Å². The molecule has 18 heavy (non-hydrogen) atoms. The van der Waals surface area contributed by atoms with Crippen molar-refractivity contribution in [1.82, 2.24) is 9.97 Å². The van der Waals surface area contributed by atoms with Crippen LogP contribution in [0.5, 0.6) is 0 Å². The average Bonchev–Trinajstić information content (AvgIpc) is 2.28. The van der Waals surface area contributed by atoms with Crippen LogP contribution in [0.1, 0.15) is 24.0 Å². The maximum atomic E-state index is 11.3. The first-order valence-electron chi connectivity index (χ1n) is 5.38. The van der Waals surface area contributed by atoms with Crippen molar-refractivity contribution in [2.24, 2.45) is 0 Å². The highest BCUT2D eigenvalue weighted by atomic mass is 16.5. The predicted molar refractivity (Wildman–Crippen MR) is 63.8 cm³/mol. The number of carbonyl (C=O) groups is 2. The van der Waals surface area contributed by atoms with Gasteiger partial charge in [-0.3, -0.25) is 9.78 Å². The molecule has 1 aromatic rings. The second kappa shape index (κ2) is 5.90. The van der Waals surface area contributed by atoms with Gasteiger partial charge < -0.3 is 9.84 Å². The number of aliphatic hydroxyl groups is 1. The molecular weight excluding hydrogens is 236 g/mol. The summed E-state index contributed by atoms with van der Waals surface area (Å²) in [5.41, 5.74) is 1.33. The van der Waals surface area contributed by atoms with Crippen molar-refractivity contribution < 1.29 is 19.4 Å². The number of carbonyl (C=O) groups excluding carboxylic acids is 2. The molecule has 0 aliphatic rings. The van der Waals surface area contributed by atoms with Crippen LogP contribution in [0.15, 0.2) is 12.3 Å². The highest BCUT2D eigenvalue weighted by Crippen LogP contribution is 2.12. The minimum atomic E-state index is -1.01. The van der Waals surface area contributed by atoms with Gasteiger partial charge in [-0.15, -0.1) is 0 Å². The maximum absolute atomic E-state index is 11.3. The van der Waals surface area contributed by atoms with Gasteiger partial charge in [-0.05, 0) is 20.8 Å². The van der Waals surface area contributed by atoms with Crippen molar-refractivity contribution in [1.29, 1.82) is 0 Å². The van der Waals surface area contributed by atoms with Crippen molar-refractivity contribution in [3.8, 4) is 0 Å². The summed E-state index contributed by atoms with van der Waals surface area (Å²) in [5, 5.41) is 9.71. The van der Waals surface area contributed by atoms with E-state index in [4.69, 9.17) is 0 Å². The zero-order chi connectivity index (χ0) is 13.7. The normalized spacial score (nSPS) is 11.2. The topological polar surface area (TPSA) is 89.4 Å². The Kier molecular flexibility index (Phi) is 4.53. The number of ether oxygens (including phenoxy) is 1. The zero-order valence-corrected chi connectivity index (χ0v) is 10.4. The van der Waals surface area contributed by atoms with Gasteiger partial charge in [0.05, 0.1) is 18.0 Å². The molecule has 0 aromatic carbocycles. The molecule has 0 bridgehead atoms. The van der Waals surface area contributed by atoms with Gasteiger partial charge in [0, 0.05) is 12.3 Å². The largest absolute Gasteiger partial charge is 0.505 e. The molecule has 0 aliphatic heterocycles. The van der Waals surface area contributed by atoms with E-state index in [0.29, 0.717) is 11.4 Å². The van der Waals surface area contributed by atoms with Crippen molar-refractivity contribution in [2.75, 3.05) is 6.61 Å². The molecule has 0 aliphatic carbocycles. The summed E-state index contributed by atoms with van der Waals surface area (Å²) in [6.45, 7) is 5.09. The minimum Gasteiger partial charge on any atom is -0.505 e. The molecule has 6 nitrogen and oxygen atoms in total. The van der Waals surface area contributed by atoms with Crippen LogP contribution in [0.4, 0.5) is 0 Å². The fourth-order valence-corrected chi connectivity index (χ4v) is 1.30. The van der Waals surface area contributed by atoms with Crippen LogP contribution in [-0.4, -0.2) is 33.4 Å². The monoisotopic (exact) mass is 250 g/mol. The molecule has 1 heterocycles. The number of aromatic nitrogens is 2. The Labute approximate surface area is 104 Å². The van der Waals surface area contributed by atoms with Gasteiger partial charge in [0.2, 0.25) is 0 Å². The first-order valence-corrected chi connectivity index (χ1v) is 5.38. The van der Waals surface area contributed by atoms with E-state index in [1.807, 2.05) is 0 Å². The molecule has 0 radical (unpaired) electrons. The number of ketones is 1.